The highest BCUT2D eigenvalue weighted by atomic mass is 35.5. The molecule has 0 atom stereocenters. The normalized spacial score (nSPS) is 21.3. The molecule has 1 saturated carbocycles. The van der Waals surface area contributed by atoms with Crippen LogP contribution in [-0.2, 0) is 9.53 Å². The van der Waals surface area contributed by atoms with Crippen LogP contribution in [0.1, 0.15) is 44.9 Å². The Bertz CT molecular complexity index is 331. The molecule has 2 rings (SSSR count). The molecule has 138 valence electrons. The molecule has 2 fully saturated rings. The molecular weight excluding hydrogens is 337 g/mol. The zero-order valence-corrected chi connectivity index (χ0v) is 16.1. The first-order valence-corrected chi connectivity index (χ1v) is 8.39. The van der Waals surface area contributed by atoms with Crippen molar-refractivity contribution in [2.45, 2.75) is 56.6 Å². The van der Waals surface area contributed by atoms with Crippen LogP contribution in [0.4, 0.5) is 0 Å². The molecule has 0 radical (unpaired) electrons. The van der Waals surface area contributed by atoms with Crippen molar-refractivity contribution in [3.63, 3.8) is 0 Å². The van der Waals surface area contributed by atoms with Crippen LogP contribution in [0, 0.1) is 0 Å². The zero-order valence-electron chi connectivity index (χ0n) is 14.4. The number of ether oxygens (including phenoxy) is 1. The molecule has 1 aliphatic heterocycles. The summed E-state index contributed by atoms with van der Waals surface area (Å²) in [6.07, 6.45) is 8.24. The van der Waals surface area contributed by atoms with E-state index in [9.17, 15) is 4.79 Å². The van der Waals surface area contributed by atoms with E-state index in [4.69, 9.17) is 4.74 Å². The predicted octanol–water partition coefficient (Wildman–Crippen LogP) is 1.98. The third-order valence-corrected chi connectivity index (χ3v) is 5.20. The van der Waals surface area contributed by atoms with E-state index in [0.717, 1.165) is 39.0 Å². The highest BCUT2D eigenvalue weighted by molar-refractivity contribution is 5.85. The summed E-state index contributed by atoms with van der Waals surface area (Å²) in [6.45, 7) is 3.76. The molecule has 2 N–H and O–H groups in total. The highest BCUT2D eigenvalue weighted by Gasteiger charge is 2.41. The second kappa shape index (κ2) is 11.5. The van der Waals surface area contributed by atoms with Crippen molar-refractivity contribution in [1.29, 1.82) is 0 Å². The second-order valence-electron chi connectivity index (χ2n) is 6.48. The number of carbonyl (C=O) groups excluding carboxylic acids is 1. The van der Waals surface area contributed by atoms with Crippen LogP contribution in [0.2, 0.25) is 0 Å². The van der Waals surface area contributed by atoms with Gasteiger partial charge in [-0.15, -0.1) is 24.8 Å². The van der Waals surface area contributed by atoms with Crippen LogP contribution in [-0.4, -0.2) is 62.8 Å². The monoisotopic (exact) mass is 369 g/mol. The first-order valence-electron chi connectivity index (χ1n) is 8.39. The molecule has 1 saturated heterocycles. The van der Waals surface area contributed by atoms with E-state index in [2.05, 4.69) is 15.5 Å². The summed E-state index contributed by atoms with van der Waals surface area (Å²) in [5.74, 6) is 0.169. The van der Waals surface area contributed by atoms with Crippen molar-refractivity contribution in [2.24, 2.45) is 0 Å². The molecule has 23 heavy (non-hydrogen) atoms. The standard InChI is InChI=1S/C16H31N3O2.2ClH/c1-17-10-5-15(20)18-13-16(8-3-4-9-16)19-11-6-14(21-2)7-12-19;;/h14,17H,3-13H2,1-2H3,(H,18,20);2*1H. The minimum atomic E-state index is 0. The van der Waals surface area contributed by atoms with Gasteiger partial charge >= 0.3 is 0 Å². The van der Waals surface area contributed by atoms with E-state index in [1.165, 1.54) is 25.7 Å². The van der Waals surface area contributed by atoms with Gasteiger partial charge in [-0.1, -0.05) is 12.8 Å². The number of methoxy groups -OCH3 is 1. The minimum Gasteiger partial charge on any atom is -0.381 e. The van der Waals surface area contributed by atoms with Crippen LogP contribution in [0.25, 0.3) is 0 Å². The number of carbonyl (C=O) groups is 1. The van der Waals surface area contributed by atoms with Crippen LogP contribution < -0.4 is 10.6 Å². The van der Waals surface area contributed by atoms with Gasteiger partial charge in [-0.05, 0) is 32.7 Å². The number of amides is 1. The summed E-state index contributed by atoms with van der Waals surface area (Å²) in [4.78, 5) is 14.5. The predicted molar refractivity (Wildman–Crippen MR) is 98.9 cm³/mol. The topological polar surface area (TPSA) is 53.6 Å². The van der Waals surface area contributed by atoms with Gasteiger partial charge in [0.05, 0.1) is 6.10 Å². The van der Waals surface area contributed by atoms with Gasteiger partial charge in [0.2, 0.25) is 5.91 Å². The lowest BCUT2D eigenvalue weighted by Crippen LogP contribution is -2.57. The molecule has 0 bridgehead atoms. The van der Waals surface area contributed by atoms with Crippen molar-refractivity contribution in [2.75, 3.05) is 40.3 Å². The number of hydrogen-bond donors (Lipinski definition) is 2. The molecule has 0 spiro atoms. The number of halogens is 2. The molecule has 0 aromatic carbocycles. The Balaban J connectivity index is 0.00000242. The minimum absolute atomic E-state index is 0. The van der Waals surface area contributed by atoms with Gasteiger partial charge < -0.3 is 15.4 Å². The second-order valence-corrected chi connectivity index (χ2v) is 6.48. The molecule has 0 unspecified atom stereocenters. The summed E-state index contributed by atoms with van der Waals surface area (Å²) in [5.41, 5.74) is 0.202. The van der Waals surface area contributed by atoms with Gasteiger partial charge in [0.15, 0.2) is 0 Å². The van der Waals surface area contributed by atoms with E-state index in [-0.39, 0.29) is 36.3 Å². The van der Waals surface area contributed by atoms with Gasteiger partial charge in [0.25, 0.3) is 0 Å². The molecular formula is C16H33Cl2N3O2. The Kier molecular flexibility index (Phi) is 11.4. The summed E-state index contributed by atoms with van der Waals surface area (Å²) < 4.78 is 5.47. The van der Waals surface area contributed by atoms with E-state index in [1.54, 1.807) is 0 Å². The lowest BCUT2D eigenvalue weighted by Gasteiger charge is -2.45. The summed E-state index contributed by atoms with van der Waals surface area (Å²) >= 11 is 0. The van der Waals surface area contributed by atoms with Crippen LogP contribution >= 0.6 is 24.8 Å². The fourth-order valence-corrected chi connectivity index (χ4v) is 3.79. The molecule has 1 heterocycles. The fourth-order valence-electron chi connectivity index (χ4n) is 3.79. The summed E-state index contributed by atoms with van der Waals surface area (Å²) in [7, 11) is 3.69. The number of nitrogens with zero attached hydrogens (tertiary/aromatic N) is 1. The molecule has 0 aromatic rings. The van der Waals surface area contributed by atoms with Crippen molar-refractivity contribution in [3.8, 4) is 0 Å². The van der Waals surface area contributed by atoms with Crippen molar-refractivity contribution >= 4 is 30.7 Å². The SMILES string of the molecule is CNCCC(=O)NCC1(N2CCC(OC)CC2)CCCC1.Cl.Cl. The third kappa shape index (κ3) is 6.39. The Hall–Kier alpha value is -0.0700. The van der Waals surface area contributed by atoms with E-state index in [0.29, 0.717) is 12.5 Å². The van der Waals surface area contributed by atoms with Gasteiger partial charge in [0.1, 0.15) is 0 Å². The van der Waals surface area contributed by atoms with Gasteiger partial charge in [-0.25, -0.2) is 0 Å². The summed E-state index contributed by atoms with van der Waals surface area (Å²) in [6, 6.07) is 0. The first-order chi connectivity index (χ1) is 10.2. The smallest absolute Gasteiger partial charge is 0.221 e. The van der Waals surface area contributed by atoms with Crippen LogP contribution in [0.5, 0.6) is 0 Å². The lowest BCUT2D eigenvalue weighted by atomic mass is 9.91. The Morgan fingerprint density at radius 3 is 2.35 bits per heavy atom. The Morgan fingerprint density at radius 1 is 1.22 bits per heavy atom. The molecule has 0 aromatic heterocycles. The van der Waals surface area contributed by atoms with Crippen molar-refractivity contribution in [1.82, 2.24) is 15.5 Å². The van der Waals surface area contributed by atoms with E-state index in [1.807, 2.05) is 14.2 Å². The number of nitrogens with one attached hydrogen (secondary N) is 2. The van der Waals surface area contributed by atoms with E-state index < -0.39 is 0 Å². The van der Waals surface area contributed by atoms with Crippen LogP contribution in [0.15, 0.2) is 0 Å². The highest BCUT2D eigenvalue weighted by Crippen LogP contribution is 2.36. The molecule has 1 amide bonds. The quantitative estimate of drug-likeness (QED) is 0.720. The van der Waals surface area contributed by atoms with Gasteiger partial charge in [0, 0.05) is 45.2 Å². The number of likely N-dealkylation sites (tertiary alicyclic amines) is 1. The van der Waals surface area contributed by atoms with E-state index >= 15 is 0 Å². The molecule has 2 aliphatic rings. The largest absolute Gasteiger partial charge is 0.381 e. The Morgan fingerprint density at radius 2 is 1.83 bits per heavy atom. The first kappa shape index (κ1) is 22.9. The van der Waals surface area contributed by atoms with Crippen molar-refractivity contribution < 1.29 is 9.53 Å². The maximum Gasteiger partial charge on any atom is 0.221 e. The van der Waals surface area contributed by atoms with Gasteiger partial charge in [-0.3, -0.25) is 9.69 Å². The summed E-state index contributed by atoms with van der Waals surface area (Å²) in [5, 5.41) is 6.20. The Labute approximate surface area is 153 Å². The number of piperidine rings is 1. The van der Waals surface area contributed by atoms with Crippen LogP contribution in [0.3, 0.4) is 0 Å². The van der Waals surface area contributed by atoms with Crippen molar-refractivity contribution in [3.05, 3.63) is 0 Å². The molecule has 7 heteroatoms. The number of rotatable bonds is 7. The zero-order chi connectivity index (χ0) is 15.1. The number of hydrogen-bond acceptors (Lipinski definition) is 4. The average molecular weight is 370 g/mol. The fraction of sp³-hybridized carbons (Fsp3) is 0.938. The lowest BCUT2D eigenvalue weighted by molar-refractivity contribution is -0.121. The maximum absolute atomic E-state index is 11.9. The average Bonchev–Trinajstić information content (AvgIpc) is 3.01. The maximum atomic E-state index is 11.9. The van der Waals surface area contributed by atoms with Gasteiger partial charge in [-0.2, -0.15) is 0 Å². The molecule has 1 aliphatic carbocycles. The third-order valence-electron chi connectivity index (χ3n) is 5.20. The molecule has 5 nitrogen and oxygen atoms in total.